The standard InChI is InChI=1S/C8H8BrF2NO/c9-6-3-5(1-2-13-12)4-7(10)8(6)11/h3-4H,1-2,12H2. The zero-order chi connectivity index (χ0) is 9.84. The number of nitrogens with two attached hydrogens (primary N) is 1. The highest BCUT2D eigenvalue weighted by atomic mass is 79.9. The van der Waals surface area contributed by atoms with E-state index in [0.29, 0.717) is 12.0 Å². The molecule has 13 heavy (non-hydrogen) atoms. The molecule has 0 radical (unpaired) electrons. The molecule has 0 amide bonds. The van der Waals surface area contributed by atoms with E-state index in [1.54, 1.807) is 0 Å². The Morgan fingerprint density at radius 2 is 2.08 bits per heavy atom. The first-order valence-corrected chi connectivity index (χ1v) is 4.39. The van der Waals surface area contributed by atoms with Gasteiger partial charge in [0, 0.05) is 0 Å². The third-order valence-corrected chi connectivity index (χ3v) is 2.13. The van der Waals surface area contributed by atoms with Gasteiger partial charge in [0.15, 0.2) is 11.6 Å². The largest absolute Gasteiger partial charge is 0.304 e. The maximum atomic E-state index is 12.8. The van der Waals surface area contributed by atoms with E-state index in [0.717, 1.165) is 6.07 Å². The highest BCUT2D eigenvalue weighted by Crippen LogP contribution is 2.20. The number of hydrogen-bond acceptors (Lipinski definition) is 2. The fourth-order valence-electron chi connectivity index (χ4n) is 0.929. The summed E-state index contributed by atoms with van der Waals surface area (Å²) in [6.45, 7) is 0.275. The van der Waals surface area contributed by atoms with Crippen LogP contribution in [0.1, 0.15) is 5.56 Å². The van der Waals surface area contributed by atoms with E-state index in [9.17, 15) is 8.78 Å². The van der Waals surface area contributed by atoms with Crippen molar-refractivity contribution < 1.29 is 13.6 Å². The molecule has 1 aromatic rings. The van der Waals surface area contributed by atoms with Crippen molar-refractivity contribution in [2.75, 3.05) is 6.61 Å². The molecule has 0 aliphatic rings. The molecule has 0 atom stereocenters. The molecular formula is C8H8BrF2NO. The van der Waals surface area contributed by atoms with Crippen LogP contribution in [0.3, 0.4) is 0 Å². The van der Waals surface area contributed by atoms with Gasteiger partial charge in [0.25, 0.3) is 0 Å². The quantitative estimate of drug-likeness (QED) is 0.660. The van der Waals surface area contributed by atoms with E-state index in [1.807, 2.05) is 0 Å². The Morgan fingerprint density at radius 1 is 1.38 bits per heavy atom. The zero-order valence-corrected chi connectivity index (χ0v) is 8.27. The van der Waals surface area contributed by atoms with Crippen molar-refractivity contribution in [3.8, 4) is 0 Å². The average Bonchev–Trinajstić information content (AvgIpc) is 2.10. The Labute approximate surface area is 82.8 Å². The van der Waals surface area contributed by atoms with Crippen LogP contribution in [-0.4, -0.2) is 6.61 Å². The minimum atomic E-state index is -0.877. The summed E-state index contributed by atoms with van der Waals surface area (Å²) in [4.78, 5) is 4.32. The molecule has 72 valence electrons. The summed E-state index contributed by atoms with van der Waals surface area (Å²) in [7, 11) is 0. The summed E-state index contributed by atoms with van der Waals surface area (Å²) >= 11 is 2.90. The van der Waals surface area contributed by atoms with Gasteiger partial charge in [0.05, 0.1) is 11.1 Å². The van der Waals surface area contributed by atoms with Crippen LogP contribution in [0.2, 0.25) is 0 Å². The Kier molecular flexibility index (Phi) is 3.77. The van der Waals surface area contributed by atoms with Crippen LogP contribution in [0, 0.1) is 11.6 Å². The Balaban J connectivity index is 2.86. The Bertz CT molecular complexity index is 283. The Hall–Kier alpha value is -0.520. The maximum Gasteiger partial charge on any atom is 0.172 e. The topological polar surface area (TPSA) is 35.2 Å². The fraction of sp³-hybridized carbons (Fsp3) is 0.250. The first-order chi connectivity index (χ1) is 6.15. The molecule has 2 N–H and O–H groups in total. The van der Waals surface area contributed by atoms with Crippen LogP contribution < -0.4 is 5.90 Å². The number of halogens is 3. The van der Waals surface area contributed by atoms with Gasteiger partial charge in [-0.05, 0) is 40.0 Å². The van der Waals surface area contributed by atoms with Crippen LogP contribution >= 0.6 is 15.9 Å². The summed E-state index contributed by atoms with van der Waals surface area (Å²) in [5, 5.41) is 0. The van der Waals surface area contributed by atoms with Gasteiger partial charge in [0.2, 0.25) is 0 Å². The minimum absolute atomic E-state index is 0.111. The fourth-order valence-corrected chi connectivity index (χ4v) is 1.41. The molecule has 0 bridgehead atoms. The molecule has 1 rings (SSSR count). The van der Waals surface area contributed by atoms with Gasteiger partial charge in [0.1, 0.15) is 0 Å². The predicted molar refractivity (Wildman–Crippen MR) is 47.9 cm³/mol. The average molecular weight is 252 g/mol. The minimum Gasteiger partial charge on any atom is -0.304 e. The molecule has 2 nitrogen and oxygen atoms in total. The van der Waals surface area contributed by atoms with Crippen molar-refractivity contribution in [2.24, 2.45) is 5.90 Å². The number of rotatable bonds is 3. The second-order valence-corrected chi connectivity index (χ2v) is 3.35. The molecule has 0 unspecified atom stereocenters. The maximum absolute atomic E-state index is 12.8. The predicted octanol–water partition coefficient (Wildman–Crippen LogP) is 2.16. The molecule has 0 heterocycles. The van der Waals surface area contributed by atoms with Crippen LogP contribution in [-0.2, 0) is 11.3 Å². The lowest BCUT2D eigenvalue weighted by Gasteiger charge is -2.02. The van der Waals surface area contributed by atoms with Crippen molar-refractivity contribution in [3.63, 3.8) is 0 Å². The molecule has 0 aliphatic heterocycles. The van der Waals surface area contributed by atoms with Gasteiger partial charge in [-0.25, -0.2) is 14.7 Å². The van der Waals surface area contributed by atoms with E-state index < -0.39 is 11.6 Å². The van der Waals surface area contributed by atoms with Crippen LogP contribution in [0.5, 0.6) is 0 Å². The third kappa shape index (κ3) is 2.72. The molecular weight excluding hydrogens is 244 g/mol. The van der Waals surface area contributed by atoms with Crippen LogP contribution in [0.4, 0.5) is 8.78 Å². The highest BCUT2D eigenvalue weighted by Gasteiger charge is 2.07. The summed E-state index contributed by atoms with van der Waals surface area (Å²) in [5.74, 6) is 3.05. The van der Waals surface area contributed by atoms with Gasteiger partial charge < -0.3 is 4.84 Å². The molecule has 0 aromatic heterocycles. The molecule has 0 fully saturated rings. The lowest BCUT2D eigenvalue weighted by molar-refractivity contribution is 0.141. The lowest BCUT2D eigenvalue weighted by Crippen LogP contribution is -2.04. The van der Waals surface area contributed by atoms with Gasteiger partial charge in [-0.1, -0.05) is 0 Å². The van der Waals surface area contributed by atoms with E-state index in [2.05, 4.69) is 20.8 Å². The summed E-state index contributed by atoms with van der Waals surface area (Å²) in [6.07, 6.45) is 0.451. The molecule has 0 aliphatic carbocycles. The SMILES string of the molecule is NOCCc1cc(F)c(F)c(Br)c1. The Morgan fingerprint density at radius 3 is 2.62 bits per heavy atom. The van der Waals surface area contributed by atoms with Crippen molar-refractivity contribution in [2.45, 2.75) is 6.42 Å². The van der Waals surface area contributed by atoms with Crippen molar-refractivity contribution in [1.82, 2.24) is 0 Å². The molecule has 0 saturated carbocycles. The van der Waals surface area contributed by atoms with Gasteiger partial charge in [-0.2, -0.15) is 0 Å². The number of benzene rings is 1. The van der Waals surface area contributed by atoms with E-state index in [4.69, 9.17) is 5.90 Å². The van der Waals surface area contributed by atoms with Crippen LogP contribution in [0.15, 0.2) is 16.6 Å². The molecule has 0 spiro atoms. The smallest absolute Gasteiger partial charge is 0.172 e. The van der Waals surface area contributed by atoms with Gasteiger partial charge in [-0.3, -0.25) is 0 Å². The monoisotopic (exact) mass is 251 g/mol. The van der Waals surface area contributed by atoms with Gasteiger partial charge in [-0.15, -0.1) is 0 Å². The summed E-state index contributed by atoms with van der Waals surface area (Å²) < 4.78 is 25.7. The number of hydrogen-bond donors (Lipinski definition) is 1. The molecule has 1 aromatic carbocycles. The first kappa shape index (κ1) is 10.6. The van der Waals surface area contributed by atoms with Crippen LogP contribution in [0.25, 0.3) is 0 Å². The zero-order valence-electron chi connectivity index (χ0n) is 6.69. The van der Waals surface area contributed by atoms with Crippen molar-refractivity contribution in [3.05, 3.63) is 33.8 Å². The van der Waals surface area contributed by atoms with E-state index >= 15 is 0 Å². The molecule has 5 heteroatoms. The van der Waals surface area contributed by atoms with E-state index in [1.165, 1.54) is 6.07 Å². The second kappa shape index (κ2) is 4.64. The third-order valence-electron chi connectivity index (χ3n) is 1.55. The second-order valence-electron chi connectivity index (χ2n) is 2.49. The highest BCUT2D eigenvalue weighted by molar-refractivity contribution is 9.10. The lowest BCUT2D eigenvalue weighted by atomic mass is 10.1. The van der Waals surface area contributed by atoms with Gasteiger partial charge >= 0.3 is 0 Å². The van der Waals surface area contributed by atoms with E-state index in [-0.39, 0.29) is 11.1 Å². The first-order valence-electron chi connectivity index (χ1n) is 3.60. The molecule has 0 saturated heterocycles. The summed E-state index contributed by atoms with van der Waals surface area (Å²) in [5.41, 5.74) is 0.635. The summed E-state index contributed by atoms with van der Waals surface area (Å²) in [6, 6.07) is 2.62. The van der Waals surface area contributed by atoms with Crippen molar-refractivity contribution in [1.29, 1.82) is 0 Å². The van der Waals surface area contributed by atoms with Crippen molar-refractivity contribution >= 4 is 15.9 Å². The normalized spacial score (nSPS) is 10.5.